The zero-order chi connectivity index (χ0) is 12.3. The van der Waals surface area contributed by atoms with Crippen LogP contribution in [0.4, 0.5) is 5.69 Å². The molecule has 2 unspecified atom stereocenters. The second kappa shape index (κ2) is 5.78. The number of hydrogen-bond donors (Lipinski definition) is 1. The molecule has 1 aliphatic heterocycles. The lowest BCUT2D eigenvalue weighted by Gasteiger charge is -2.29. The van der Waals surface area contributed by atoms with Crippen LogP contribution < -0.4 is 4.90 Å². The van der Waals surface area contributed by atoms with Gasteiger partial charge in [-0.3, -0.25) is 0 Å². The number of rotatable bonds is 4. The van der Waals surface area contributed by atoms with Crippen molar-refractivity contribution in [3.63, 3.8) is 0 Å². The Balaban J connectivity index is 2.24. The molecule has 3 heteroatoms. The Morgan fingerprint density at radius 3 is 2.88 bits per heavy atom. The van der Waals surface area contributed by atoms with E-state index in [1.54, 1.807) is 0 Å². The van der Waals surface area contributed by atoms with Crippen LogP contribution in [0.25, 0.3) is 0 Å². The van der Waals surface area contributed by atoms with Crippen LogP contribution in [0, 0.1) is 0 Å². The molecule has 1 aromatic carbocycles. The lowest BCUT2D eigenvalue weighted by Crippen LogP contribution is -2.32. The molecular weight excluding hydrogens is 230 g/mol. The fourth-order valence-electron chi connectivity index (χ4n) is 2.33. The number of aliphatic hydroxyl groups excluding tert-OH is 1. The van der Waals surface area contributed by atoms with Gasteiger partial charge in [0.25, 0.3) is 0 Å². The van der Waals surface area contributed by atoms with Gasteiger partial charge in [0.15, 0.2) is 0 Å². The molecule has 1 saturated heterocycles. The molecule has 1 fully saturated rings. The summed E-state index contributed by atoms with van der Waals surface area (Å²) in [7, 11) is 2.15. The minimum absolute atomic E-state index is 0.345. The van der Waals surface area contributed by atoms with Crippen molar-refractivity contribution in [2.45, 2.75) is 31.9 Å². The van der Waals surface area contributed by atoms with Crippen LogP contribution in [-0.4, -0.2) is 29.7 Å². The summed E-state index contributed by atoms with van der Waals surface area (Å²) < 4.78 is 0. The van der Waals surface area contributed by atoms with Gasteiger partial charge in [-0.2, -0.15) is 11.8 Å². The average molecular weight is 251 g/mol. The molecule has 1 N–H and O–H groups in total. The third-order valence-corrected chi connectivity index (χ3v) is 4.66. The second-order valence-electron chi connectivity index (χ2n) is 4.61. The standard InChI is InChI=1S/C14H21NOS/c1-3-14(16)12-6-4-5-7-13(12)15(2)11-8-9-17-10-11/h4-7,11,14,16H,3,8-10H2,1-2H3. The molecule has 1 aromatic rings. The Kier molecular flexibility index (Phi) is 4.35. The first-order chi connectivity index (χ1) is 8.24. The maximum atomic E-state index is 10.1. The summed E-state index contributed by atoms with van der Waals surface area (Å²) in [4.78, 5) is 2.34. The highest BCUT2D eigenvalue weighted by Crippen LogP contribution is 2.31. The molecule has 0 radical (unpaired) electrons. The Bertz CT molecular complexity index is 363. The normalized spacial score (nSPS) is 21.5. The van der Waals surface area contributed by atoms with Crippen molar-refractivity contribution in [2.24, 2.45) is 0 Å². The van der Waals surface area contributed by atoms with Gasteiger partial charge < -0.3 is 10.0 Å². The van der Waals surface area contributed by atoms with E-state index in [4.69, 9.17) is 0 Å². The van der Waals surface area contributed by atoms with Crippen molar-refractivity contribution in [1.29, 1.82) is 0 Å². The molecule has 0 amide bonds. The molecule has 0 bridgehead atoms. The lowest BCUT2D eigenvalue weighted by molar-refractivity contribution is 0.174. The van der Waals surface area contributed by atoms with Gasteiger partial charge in [-0.1, -0.05) is 25.1 Å². The first-order valence-electron chi connectivity index (χ1n) is 6.31. The van der Waals surface area contributed by atoms with E-state index in [1.165, 1.54) is 23.6 Å². The van der Waals surface area contributed by atoms with E-state index in [9.17, 15) is 5.11 Å². The van der Waals surface area contributed by atoms with Crippen LogP contribution in [0.3, 0.4) is 0 Å². The molecule has 1 heterocycles. The summed E-state index contributed by atoms with van der Waals surface area (Å²) in [6.07, 6.45) is 1.67. The Morgan fingerprint density at radius 1 is 1.47 bits per heavy atom. The maximum Gasteiger partial charge on any atom is 0.0807 e. The summed E-state index contributed by atoms with van der Waals surface area (Å²) in [5.74, 6) is 2.46. The molecule has 94 valence electrons. The summed E-state index contributed by atoms with van der Waals surface area (Å²) in [5, 5.41) is 10.1. The second-order valence-corrected chi connectivity index (χ2v) is 5.76. The van der Waals surface area contributed by atoms with Gasteiger partial charge in [0.05, 0.1) is 6.10 Å². The summed E-state index contributed by atoms with van der Waals surface area (Å²) >= 11 is 2.02. The number of aliphatic hydroxyl groups is 1. The van der Waals surface area contributed by atoms with Crippen LogP contribution in [0.15, 0.2) is 24.3 Å². The molecule has 2 nitrogen and oxygen atoms in total. The highest BCUT2D eigenvalue weighted by Gasteiger charge is 2.23. The number of benzene rings is 1. The third-order valence-electron chi connectivity index (χ3n) is 3.52. The number of nitrogens with zero attached hydrogens (tertiary/aromatic N) is 1. The zero-order valence-electron chi connectivity index (χ0n) is 10.6. The average Bonchev–Trinajstić information content (AvgIpc) is 2.91. The minimum atomic E-state index is -0.345. The van der Waals surface area contributed by atoms with Crippen LogP contribution >= 0.6 is 11.8 Å². The highest BCUT2D eigenvalue weighted by molar-refractivity contribution is 7.99. The van der Waals surface area contributed by atoms with E-state index < -0.39 is 0 Å². The van der Waals surface area contributed by atoms with Crippen LogP contribution in [-0.2, 0) is 0 Å². The van der Waals surface area contributed by atoms with Gasteiger partial charge in [-0.25, -0.2) is 0 Å². The maximum absolute atomic E-state index is 10.1. The first kappa shape index (κ1) is 12.8. The smallest absolute Gasteiger partial charge is 0.0807 e. The Labute approximate surface area is 108 Å². The summed E-state index contributed by atoms with van der Waals surface area (Å²) in [5.41, 5.74) is 2.25. The van der Waals surface area contributed by atoms with Crippen molar-refractivity contribution >= 4 is 17.4 Å². The lowest BCUT2D eigenvalue weighted by atomic mass is 10.0. The van der Waals surface area contributed by atoms with Crippen molar-refractivity contribution in [1.82, 2.24) is 0 Å². The molecule has 17 heavy (non-hydrogen) atoms. The molecule has 0 saturated carbocycles. The number of para-hydroxylation sites is 1. The van der Waals surface area contributed by atoms with E-state index in [2.05, 4.69) is 24.1 Å². The van der Waals surface area contributed by atoms with Crippen LogP contribution in [0.1, 0.15) is 31.4 Å². The molecular formula is C14H21NOS. The quantitative estimate of drug-likeness (QED) is 0.889. The SMILES string of the molecule is CCC(O)c1ccccc1N(C)C1CCSC1. The van der Waals surface area contributed by atoms with Gasteiger partial charge in [0.1, 0.15) is 0 Å². The molecule has 0 spiro atoms. The zero-order valence-corrected chi connectivity index (χ0v) is 11.4. The van der Waals surface area contributed by atoms with Crippen LogP contribution in [0.5, 0.6) is 0 Å². The molecule has 2 atom stereocenters. The van der Waals surface area contributed by atoms with Crippen molar-refractivity contribution in [3.8, 4) is 0 Å². The topological polar surface area (TPSA) is 23.5 Å². The number of anilines is 1. The third kappa shape index (κ3) is 2.78. The Hall–Kier alpha value is -0.670. The van der Waals surface area contributed by atoms with Gasteiger partial charge in [0, 0.05) is 30.1 Å². The first-order valence-corrected chi connectivity index (χ1v) is 7.47. The summed E-state index contributed by atoms with van der Waals surface area (Å²) in [6.45, 7) is 2.02. The predicted octanol–water partition coefficient (Wildman–Crippen LogP) is 3.07. The van der Waals surface area contributed by atoms with E-state index in [0.29, 0.717) is 6.04 Å². The fraction of sp³-hybridized carbons (Fsp3) is 0.571. The van der Waals surface area contributed by atoms with Crippen molar-refractivity contribution in [3.05, 3.63) is 29.8 Å². The Morgan fingerprint density at radius 2 is 2.24 bits per heavy atom. The van der Waals surface area contributed by atoms with Gasteiger partial charge in [-0.05, 0) is 24.7 Å². The fourth-order valence-corrected chi connectivity index (χ4v) is 3.60. The summed E-state index contributed by atoms with van der Waals surface area (Å²) in [6, 6.07) is 8.85. The number of hydrogen-bond acceptors (Lipinski definition) is 3. The molecule has 1 aliphatic rings. The molecule has 2 rings (SSSR count). The van der Waals surface area contributed by atoms with Crippen LogP contribution in [0.2, 0.25) is 0 Å². The number of thioether (sulfide) groups is 1. The van der Waals surface area contributed by atoms with E-state index in [-0.39, 0.29) is 6.10 Å². The van der Waals surface area contributed by atoms with Crippen molar-refractivity contribution < 1.29 is 5.11 Å². The minimum Gasteiger partial charge on any atom is -0.388 e. The largest absolute Gasteiger partial charge is 0.388 e. The molecule has 0 aliphatic carbocycles. The van der Waals surface area contributed by atoms with Gasteiger partial charge in [0.2, 0.25) is 0 Å². The highest BCUT2D eigenvalue weighted by atomic mass is 32.2. The van der Waals surface area contributed by atoms with Crippen molar-refractivity contribution in [2.75, 3.05) is 23.5 Å². The van der Waals surface area contributed by atoms with E-state index in [1.807, 2.05) is 30.8 Å². The monoisotopic (exact) mass is 251 g/mol. The van der Waals surface area contributed by atoms with E-state index >= 15 is 0 Å². The van der Waals surface area contributed by atoms with Gasteiger partial charge >= 0.3 is 0 Å². The predicted molar refractivity (Wildman–Crippen MR) is 75.8 cm³/mol. The molecule has 0 aromatic heterocycles. The van der Waals surface area contributed by atoms with E-state index in [0.717, 1.165) is 12.0 Å². The van der Waals surface area contributed by atoms with Gasteiger partial charge in [-0.15, -0.1) is 0 Å².